The molecule has 0 spiro atoms. The van der Waals surface area contributed by atoms with Crippen LogP contribution in [0.1, 0.15) is 26.3 Å². The summed E-state index contributed by atoms with van der Waals surface area (Å²) in [5.74, 6) is -0.308. The van der Waals surface area contributed by atoms with E-state index < -0.39 is 0 Å². The molecular weight excluding hydrogens is 200 g/mol. The highest BCUT2D eigenvalue weighted by molar-refractivity contribution is 5.88. The number of esters is 1. The summed E-state index contributed by atoms with van der Waals surface area (Å²) >= 11 is 0. The van der Waals surface area contributed by atoms with E-state index in [2.05, 4.69) is 0 Å². The minimum Gasteiger partial charge on any atom is -0.431 e. The number of allylic oxidation sites excluding steroid dienone is 2. The number of carbonyl (C=O) groups excluding carboxylic acids is 1. The molecule has 0 aliphatic heterocycles. The molecule has 1 aromatic carbocycles. The molecule has 0 heterocycles. The summed E-state index contributed by atoms with van der Waals surface area (Å²) in [6.45, 7) is 5.45. The molecule has 0 aliphatic rings. The van der Waals surface area contributed by atoms with Crippen molar-refractivity contribution in [2.24, 2.45) is 0 Å². The van der Waals surface area contributed by atoms with Gasteiger partial charge in [0.1, 0.15) is 0 Å². The highest BCUT2D eigenvalue weighted by Crippen LogP contribution is 2.13. The second-order valence-corrected chi connectivity index (χ2v) is 3.54. The van der Waals surface area contributed by atoms with Crippen LogP contribution < -0.4 is 0 Å². The largest absolute Gasteiger partial charge is 0.431 e. The van der Waals surface area contributed by atoms with Gasteiger partial charge in [0.05, 0.1) is 6.26 Å². The molecule has 2 heteroatoms. The van der Waals surface area contributed by atoms with Crippen LogP contribution in [0.4, 0.5) is 0 Å². The molecule has 0 amide bonds. The normalized spacial score (nSPS) is 12.4. The molecule has 0 saturated carbocycles. The predicted octanol–water partition coefficient (Wildman–Crippen LogP) is 3.56. The Kier molecular flexibility index (Phi) is 4.52. The van der Waals surface area contributed by atoms with E-state index in [9.17, 15) is 4.79 Å². The van der Waals surface area contributed by atoms with E-state index in [0.717, 1.165) is 11.1 Å². The Morgan fingerprint density at radius 1 is 1.19 bits per heavy atom. The molecule has 84 valence electrons. The van der Waals surface area contributed by atoms with E-state index in [1.807, 2.05) is 44.2 Å². The SMILES string of the molecule is CC=C(C)C(=O)OC=C(C)c1ccccc1. The first-order chi connectivity index (χ1) is 7.65. The van der Waals surface area contributed by atoms with Crippen molar-refractivity contribution in [2.75, 3.05) is 0 Å². The van der Waals surface area contributed by atoms with Gasteiger partial charge in [0.25, 0.3) is 0 Å². The van der Waals surface area contributed by atoms with Gasteiger partial charge in [-0.2, -0.15) is 0 Å². The first-order valence-electron chi connectivity index (χ1n) is 5.21. The van der Waals surface area contributed by atoms with Crippen LogP contribution in [0.3, 0.4) is 0 Å². The zero-order chi connectivity index (χ0) is 12.0. The monoisotopic (exact) mass is 216 g/mol. The number of carbonyl (C=O) groups is 1. The van der Waals surface area contributed by atoms with Gasteiger partial charge in [-0.15, -0.1) is 0 Å². The summed E-state index contributed by atoms with van der Waals surface area (Å²) in [6.07, 6.45) is 3.22. The summed E-state index contributed by atoms with van der Waals surface area (Å²) in [5.41, 5.74) is 2.59. The fourth-order valence-corrected chi connectivity index (χ4v) is 1.12. The topological polar surface area (TPSA) is 26.3 Å². The van der Waals surface area contributed by atoms with E-state index in [0.29, 0.717) is 5.57 Å². The molecule has 0 aromatic heterocycles. The smallest absolute Gasteiger partial charge is 0.338 e. The summed E-state index contributed by atoms with van der Waals surface area (Å²) < 4.78 is 5.04. The van der Waals surface area contributed by atoms with Gasteiger partial charge in [0.15, 0.2) is 0 Å². The van der Waals surface area contributed by atoms with Gasteiger partial charge in [-0.1, -0.05) is 36.4 Å². The Labute approximate surface area is 96.2 Å². The van der Waals surface area contributed by atoms with Crippen molar-refractivity contribution < 1.29 is 9.53 Å². The van der Waals surface area contributed by atoms with Gasteiger partial charge < -0.3 is 4.74 Å². The minimum atomic E-state index is -0.308. The molecule has 0 saturated heterocycles. The van der Waals surface area contributed by atoms with Crippen LogP contribution in [0.25, 0.3) is 5.57 Å². The maximum atomic E-state index is 11.4. The molecule has 0 atom stereocenters. The van der Waals surface area contributed by atoms with Gasteiger partial charge >= 0.3 is 5.97 Å². The summed E-state index contributed by atoms with van der Waals surface area (Å²) in [4.78, 5) is 11.4. The highest BCUT2D eigenvalue weighted by atomic mass is 16.5. The molecule has 0 N–H and O–H groups in total. The average Bonchev–Trinajstić information content (AvgIpc) is 2.35. The number of benzene rings is 1. The van der Waals surface area contributed by atoms with Crippen LogP contribution in [0.2, 0.25) is 0 Å². The first-order valence-corrected chi connectivity index (χ1v) is 5.21. The number of hydrogen-bond donors (Lipinski definition) is 0. The fraction of sp³-hybridized carbons (Fsp3) is 0.214. The quantitative estimate of drug-likeness (QED) is 0.438. The molecular formula is C14H16O2. The fourth-order valence-electron chi connectivity index (χ4n) is 1.12. The minimum absolute atomic E-state index is 0.308. The zero-order valence-corrected chi connectivity index (χ0v) is 9.86. The van der Waals surface area contributed by atoms with Crippen molar-refractivity contribution in [3.8, 4) is 0 Å². The van der Waals surface area contributed by atoms with Crippen molar-refractivity contribution in [3.63, 3.8) is 0 Å². The van der Waals surface area contributed by atoms with Gasteiger partial charge in [-0.3, -0.25) is 0 Å². The van der Waals surface area contributed by atoms with E-state index in [1.165, 1.54) is 6.26 Å². The number of hydrogen-bond acceptors (Lipinski definition) is 2. The molecule has 2 nitrogen and oxygen atoms in total. The van der Waals surface area contributed by atoms with E-state index >= 15 is 0 Å². The molecule has 0 aliphatic carbocycles. The lowest BCUT2D eigenvalue weighted by Gasteiger charge is -2.02. The maximum absolute atomic E-state index is 11.4. The van der Waals surface area contributed by atoms with E-state index in [4.69, 9.17) is 4.74 Å². The Morgan fingerprint density at radius 2 is 1.81 bits per heavy atom. The lowest BCUT2D eigenvalue weighted by atomic mass is 10.1. The molecule has 0 bridgehead atoms. The van der Waals surface area contributed by atoms with Gasteiger partial charge in [0, 0.05) is 5.57 Å². The molecule has 16 heavy (non-hydrogen) atoms. The third-order valence-electron chi connectivity index (χ3n) is 2.33. The van der Waals surface area contributed by atoms with Crippen LogP contribution in [0.5, 0.6) is 0 Å². The van der Waals surface area contributed by atoms with Gasteiger partial charge in [-0.05, 0) is 31.9 Å². The Bertz CT molecular complexity index is 414. The first kappa shape index (κ1) is 12.2. The average molecular weight is 216 g/mol. The molecule has 0 fully saturated rings. The second-order valence-electron chi connectivity index (χ2n) is 3.54. The van der Waals surface area contributed by atoms with Crippen LogP contribution in [0, 0.1) is 0 Å². The highest BCUT2D eigenvalue weighted by Gasteiger charge is 2.02. The molecule has 0 radical (unpaired) electrons. The summed E-state index contributed by atoms with van der Waals surface area (Å²) in [7, 11) is 0. The van der Waals surface area contributed by atoms with Crippen LogP contribution >= 0.6 is 0 Å². The molecule has 1 rings (SSSR count). The lowest BCUT2D eigenvalue weighted by Crippen LogP contribution is -2.00. The number of rotatable bonds is 3. The van der Waals surface area contributed by atoms with E-state index in [1.54, 1.807) is 13.0 Å². The Hall–Kier alpha value is -1.83. The van der Waals surface area contributed by atoms with Gasteiger partial charge in [0.2, 0.25) is 0 Å². The van der Waals surface area contributed by atoms with Crippen LogP contribution in [-0.2, 0) is 9.53 Å². The third kappa shape index (κ3) is 3.39. The summed E-state index contributed by atoms with van der Waals surface area (Å²) in [5, 5.41) is 0. The number of ether oxygens (including phenoxy) is 1. The predicted molar refractivity (Wildman–Crippen MR) is 65.6 cm³/mol. The maximum Gasteiger partial charge on any atom is 0.338 e. The third-order valence-corrected chi connectivity index (χ3v) is 2.33. The van der Waals surface area contributed by atoms with E-state index in [-0.39, 0.29) is 5.97 Å². The molecule has 0 unspecified atom stereocenters. The van der Waals surface area contributed by atoms with Crippen molar-refractivity contribution in [2.45, 2.75) is 20.8 Å². The van der Waals surface area contributed by atoms with Crippen molar-refractivity contribution in [3.05, 3.63) is 53.8 Å². The van der Waals surface area contributed by atoms with Crippen molar-refractivity contribution in [1.29, 1.82) is 0 Å². The van der Waals surface area contributed by atoms with Crippen molar-refractivity contribution in [1.82, 2.24) is 0 Å². The van der Waals surface area contributed by atoms with Crippen molar-refractivity contribution >= 4 is 11.5 Å². The second kappa shape index (κ2) is 5.91. The Balaban J connectivity index is 2.69. The molecule has 1 aromatic rings. The summed E-state index contributed by atoms with van der Waals surface area (Å²) in [6, 6.07) is 9.80. The lowest BCUT2D eigenvalue weighted by molar-refractivity contribution is -0.133. The standard InChI is InChI=1S/C14H16O2/c1-4-11(2)14(15)16-10-12(3)13-8-6-5-7-9-13/h4-10H,1-3H3. The Morgan fingerprint density at radius 3 is 2.38 bits per heavy atom. The van der Waals surface area contributed by atoms with Crippen LogP contribution in [-0.4, -0.2) is 5.97 Å². The van der Waals surface area contributed by atoms with Crippen LogP contribution in [0.15, 0.2) is 48.2 Å². The van der Waals surface area contributed by atoms with Gasteiger partial charge in [-0.25, -0.2) is 4.79 Å². The zero-order valence-electron chi connectivity index (χ0n) is 9.86.